The number of hydrogen-bond donors (Lipinski definition) is 1. The van der Waals surface area contributed by atoms with Gasteiger partial charge in [-0.15, -0.1) is 0 Å². The van der Waals surface area contributed by atoms with Crippen molar-refractivity contribution in [2.45, 2.75) is 77.7 Å². The van der Waals surface area contributed by atoms with E-state index in [9.17, 15) is 9.90 Å². The number of phenols is 1. The van der Waals surface area contributed by atoms with Gasteiger partial charge in [0, 0.05) is 29.8 Å². The smallest absolute Gasteiger partial charge is 0.267 e. The Hall–Kier alpha value is -2.56. The summed E-state index contributed by atoms with van der Waals surface area (Å²) in [6.07, 6.45) is 12.9. The van der Waals surface area contributed by atoms with Crippen LogP contribution in [-0.2, 0) is 6.42 Å². The quantitative estimate of drug-likeness (QED) is 0.515. The molecule has 5 nitrogen and oxygen atoms in total. The first-order valence-corrected chi connectivity index (χ1v) is 11.1. The summed E-state index contributed by atoms with van der Waals surface area (Å²) >= 11 is 0. The van der Waals surface area contributed by atoms with Crippen molar-refractivity contribution in [2.75, 3.05) is 0 Å². The molecule has 4 rings (SSSR count). The Morgan fingerprint density at radius 3 is 2.87 bits per heavy atom. The SMILES string of the molecule is CCCCCc1cc2c(c(O)c1C(=O)n1ccnc1)[C@@H]1C=C(C)CC[C@H]1C(C)(C)O2. The van der Waals surface area contributed by atoms with Crippen molar-refractivity contribution in [3.63, 3.8) is 0 Å². The average Bonchev–Trinajstić information content (AvgIpc) is 3.21. The number of aryl methyl sites for hydroxylation is 1. The van der Waals surface area contributed by atoms with Gasteiger partial charge in [-0.25, -0.2) is 4.98 Å². The number of carbonyl (C=O) groups is 1. The van der Waals surface area contributed by atoms with Gasteiger partial charge < -0.3 is 9.84 Å². The normalized spacial score (nSPS) is 21.9. The Morgan fingerprint density at radius 2 is 2.17 bits per heavy atom. The number of hydrogen-bond acceptors (Lipinski definition) is 4. The van der Waals surface area contributed by atoms with Crippen molar-refractivity contribution in [2.24, 2.45) is 5.92 Å². The van der Waals surface area contributed by atoms with Crippen LogP contribution >= 0.6 is 0 Å². The Labute approximate surface area is 178 Å². The molecule has 1 aliphatic heterocycles. The molecular formula is C25H32N2O3. The van der Waals surface area contributed by atoms with Crippen LogP contribution in [0.3, 0.4) is 0 Å². The van der Waals surface area contributed by atoms with Crippen LogP contribution < -0.4 is 4.74 Å². The van der Waals surface area contributed by atoms with Gasteiger partial charge in [0.2, 0.25) is 0 Å². The Balaban J connectivity index is 1.89. The number of rotatable bonds is 5. The highest BCUT2D eigenvalue weighted by atomic mass is 16.5. The van der Waals surface area contributed by atoms with Crippen LogP contribution in [0.15, 0.2) is 36.4 Å². The molecule has 2 heterocycles. The van der Waals surface area contributed by atoms with Crippen LogP contribution in [0.1, 0.15) is 87.2 Å². The molecule has 1 aromatic carbocycles. The molecule has 1 aliphatic carbocycles. The van der Waals surface area contributed by atoms with E-state index in [0.717, 1.165) is 55.4 Å². The van der Waals surface area contributed by atoms with Gasteiger partial charge in [0.15, 0.2) is 0 Å². The fourth-order valence-corrected chi connectivity index (χ4v) is 5.12. The highest BCUT2D eigenvalue weighted by Crippen LogP contribution is 2.54. The summed E-state index contributed by atoms with van der Waals surface area (Å²) in [6.45, 7) is 8.58. The maximum atomic E-state index is 13.3. The first kappa shape index (κ1) is 20.7. The van der Waals surface area contributed by atoms with Crippen LogP contribution in [0.2, 0.25) is 0 Å². The topological polar surface area (TPSA) is 64.3 Å². The molecule has 0 bridgehead atoms. The number of nitrogens with zero attached hydrogens (tertiary/aromatic N) is 2. The molecular weight excluding hydrogens is 376 g/mol. The zero-order chi connectivity index (χ0) is 21.5. The van der Waals surface area contributed by atoms with Crippen LogP contribution in [-0.4, -0.2) is 26.2 Å². The fourth-order valence-electron chi connectivity index (χ4n) is 5.12. The minimum atomic E-state index is -0.322. The van der Waals surface area contributed by atoms with Crippen molar-refractivity contribution in [3.8, 4) is 11.5 Å². The van der Waals surface area contributed by atoms with Gasteiger partial charge in [-0.1, -0.05) is 31.4 Å². The second kappa shape index (κ2) is 7.93. The Bertz CT molecular complexity index is 973. The molecule has 0 unspecified atom stereocenters. The Kier molecular flexibility index (Phi) is 5.48. The summed E-state index contributed by atoms with van der Waals surface area (Å²) in [7, 11) is 0. The van der Waals surface area contributed by atoms with E-state index in [1.54, 1.807) is 12.4 Å². The fraction of sp³-hybridized carbons (Fsp3) is 0.520. The Morgan fingerprint density at radius 1 is 1.37 bits per heavy atom. The number of ether oxygens (including phenoxy) is 1. The van der Waals surface area contributed by atoms with Gasteiger partial charge in [0.1, 0.15) is 23.4 Å². The van der Waals surface area contributed by atoms with Gasteiger partial charge in [-0.05, 0) is 58.1 Å². The summed E-state index contributed by atoms with van der Waals surface area (Å²) in [6, 6.07) is 2.00. The third-order valence-corrected chi connectivity index (χ3v) is 6.73. The average molecular weight is 409 g/mol. The van der Waals surface area contributed by atoms with Crippen molar-refractivity contribution in [1.82, 2.24) is 9.55 Å². The standard InChI is InChI=1S/C25H32N2O3/c1-5-6-7-8-17-14-20-22(23(28)21(17)24(29)27-12-11-26-15-27)18-13-16(2)9-10-19(18)25(3,4)30-20/h11-15,18-19,28H,5-10H2,1-4H3/t18-,19-/m1/s1. The number of aromatic nitrogens is 2. The number of unbranched alkanes of at least 4 members (excludes halogenated alkanes) is 2. The summed E-state index contributed by atoms with van der Waals surface area (Å²) in [5.41, 5.74) is 3.01. The van der Waals surface area contributed by atoms with Crippen molar-refractivity contribution >= 4 is 5.91 Å². The van der Waals surface area contributed by atoms with Gasteiger partial charge in [0.25, 0.3) is 5.91 Å². The van der Waals surface area contributed by atoms with Crippen LogP contribution in [0.25, 0.3) is 0 Å². The molecule has 30 heavy (non-hydrogen) atoms. The van der Waals surface area contributed by atoms with Crippen molar-refractivity contribution in [1.29, 1.82) is 0 Å². The monoisotopic (exact) mass is 408 g/mol. The first-order valence-electron chi connectivity index (χ1n) is 11.1. The predicted molar refractivity (Wildman–Crippen MR) is 117 cm³/mol. The lowest BCUT2D eigenvalue weighted by Crippen LogP contribution is -2.45. The van der Waals surface area contributed by atoms with E-state index in [1.807, 2.05) is 6.07 Å². The van der Waals surface area contributed by atoms with E-state index in [0.29, 0.717) is 5.56 Å². The third kappa shape index (κ3) is 3.55. The number of allylic oxidation sites excluding steroid dienone is 2. The van der Waals surface area contributed by atoms with Gasteiger partial charge in [-0.2, -0.15) is 0 Å². The number of fused-ring (bicyclic) bond motifs is 3. The molecule has 0 spiro atoms. The maximum Gasteiger partial charge on any atom is 0.267 e. The molecule has 0 fully saturated rings. The predicted octanol–water partition coefficient (Wildman–Crippen LogP) is 5.62. The van der Waals surface area contributed by atoms with Crippen molar-refractivity contribution in [3.05, 3.63) is 53.1 Å². The van der Waals surface area contributed by atoms with E-state index in [1.165, 1.54) is 16.5 Å². The highest BCUT2D eigenvalue weighted by molar-refractivity contribution is 6.00. The molecule has 2 atom stereocenters. The first-order chi connectivity index (χ1) is 14.3. The summed E-state index contributed by atoms with van der Waals surface area (Å²) in [4.78, 5) is 17.3. The summed E-state index contributed by atoms with van der Waals surface area (Å²) in [5.74, 6) is 0.878. The zero-order valence-corrected chi connectivity index (χ0v) is 18.4. The number of imidazole rings is 1. The molecule has 1 N–H and O–H groups in total. The van der Waals surface area contributed by atoms with Crippen molar-refractivity contribution < 1.29 is 14.6 Å². The zero-order valence-electron chi connectivity index (χ0n) is 18.4. The molecule has 0 saturated carbocycles. The van der Waals surface area contributed by atoms with Crippen LogP contribution in [0, 0.1) is 5.92 Å². The highest BCUT2D eigenvalue weighted by Gasteiger charge is 2.46. The second-order valence-electron chi connectivity index (χ2n) is 9.29. The van der Waals surface area contributed by atoms with E-state index in [-0.39, 0.29) is 29.1 Å². The van der Waals surface area contributed by atoms with Crippen LogP contribution in [0.4, 0.5) is 0 Å². The summed E-state index contributed by atoms with van der Waals surface area (Å²) < 4.78 is 7.90. The number of carbonyl (C=O) groups excluding carboxylic acids is 1. The van der Waals surface area contributed by atoms with E-state index in [2.05, 4.69) is 38.8 Å². The molecule has 0 radical (unpaired) electrons. The van der Waals surface area contributed by atoms with Gasteiger partial charge >= 0.3 is 0 Å². The molecule has 0 amide bonds. The third-order valence-electron chi connectivity index (χ3n) is 6.73. The number of aromatic hydroxyl groups is 1. The molecule has 2 aliphatic rings. The molecule has 0 saturated heterocycles. The maximum absolute atomic E-state index is 13.3. The van der Waals surface area contributed by atoms with Crippen LogP contribution in [0.5, 0.6) is 11.5 Å². The molecule has 160 valence electrons. The van der Waals surface area contributed by atoms with Gasteiger partial charge in [-0.3, -0.25) is 9.36 Å². The van der Waals surface area contributed by atoms with Gasteiger partial charge in [0.05, 0.1) is 5.56 Å². The van der Waals surface area contributed by atoms with E-state index >= 15 is 0 Å². The lowest BCUT2D eigenvalue weighted by molar-refractivity contribution is 0.0107. The molecule has 2 aromatic rings. The second-order valence-corrected chi connectivity index (χ2v) is 9.29. The van der Waals surface area contributed by atoms with E-state index < -0.39 is 0 Å². The number of phenolic OH excluding ortho intramolecular Hbond substituents is 1. The largest absolute Gasteiger partial charge is 0.507 e. The lowest BCUT2D eigenvalue weighted by Gasteiger charge is -2.46. The minimum Gasteiger partial charge on any atom is -0.507 e. The summed E-state index contributed by atoms with van der Waals surface area (Å²) in [5, 5.41) is 11.5. The minimum absolute atomic E-state index is 0.0523. The molecule has 1 aromatic heterocycles. The number of benzene rings is 1. The lowest BCUT2D eigenvalue weighted by atomic mass is 9.67. The molecule has 5 heteroatoms. The van der Waals surface area contributed by atoms with E-state index in [4.69, 9.17) is 4.74 Å².